The van der Waals surface area contributed by atoms with Crippen LogP contribution in [0.5, 0.6) is 0 Å². The van der Waals surface area contributed by atoms with Gasteiger partial charge in [-0.3, -0.25) is 9.89 Å². The maximum absolute atomic E-state index is 12.7. The first-order valence-electron chi connectivity index (χ1n) is 9.11. The van der Waals surface area contributed by atoms with E-state index in [1.165, 1.54) is 21.6 Å². The molecule has 0 amide bonds. The van der Waals surface area contributed by atoms with E-state index in [0.717, 1.165) is 29.1 Å². The maximum atomic E-state index is 12.7. The molecule has 0 bridgehead atoms. The van der Waals surface area contributed by atoms with Crippen LogP contribution in [-0.4, -0.2) is 21.0 Å². The van der Waals surface area contributed by atoms with E-state index < -0.39 is 0 Å². The van der Waals surface area contributed by atoms with Crippen LogP contribution in [0.1, 0.15) is 23.7 Å². The van der Waals surface area contributed by atoms with E-state index in [-0.39, 0.29) is 5.56 Å². The van der Waals surface area contributed by atoms with Gasteiger partial charge in [0.1, 0.15) is 0 Å². The summed E-state index contributed by atoms with van der Waals surface area (Å²) in [5.41, 5.74) is 5.24. The second-order valence-electron chi connectivity index (χ2n) is 6.45. The summed E-state index contributed by atoms with van der Waals surface area (Å²) in [7, 11) is 0. The third-order valence-corrected chi connectivity index (χ3v) is 5.33. The second kappa shape index (κ2) is 7.78. The predicted molar refractivity (Wildman–Crippen MR) is 115 cm³/mol. The Kier molecular flexibility index (Phi) is 5.04. The van der Waals surface area contributed by atoms with E-state index in [2.05, 4.69) is 46.3 Å². The molecule has 0 spiro atoms. The molecule has 0 aliphatic rings. The van der Waals surface area contributed by atoms with Gasteiger partial charge in [-0.1, -0.05) is 49.4 Å². The molecule has 0 atom stereocenters. The minimum absolute atomic E-state index is 0.126. The number of benzene rings is 2. The van der Waals surface area contributed by atoms with Crippen molar-refractivity contribution in [2.24, 2.45) is 4.99 Å². The molecule has 0 radical (unpaired) electrons. The molecule has 5 nitrogen and oxygen atoms in total. The number of hydrogen-bond donors (Lipinski definition) is 1. The van der Waals surface area contributed by atoms with Crippen LogP contribution in [-0.2, 0) is 6.42 Å². The summed E-state index contributed by atoms with van der Waals surface area (Å²) in [5.74, 6) is 0. The van der Waals surface area contributed by atoms with Gasteiger partial charge in [-0.2, -0.15) is 0 Å². The number of nitrogens with zero attached hydrogens (tertiary/aromatic N) is 3. The van der Waals surface area contributed by atoms with Crippen LogP contribution in [0.25, 0.3) is 16.9 Å². The number of H-pyrrole nitrogens is 1. The highest BCUT2D eigenvalue weighted by Crippen LogP contribution is 2.27. The highest BCUT2D eigenvalue weighted by atomic mass is 32.1. The highest BCUT2D eigenvalue weighted by Gasteiger charge is 2.11. The Morgan fingerprint density at radius 3 is 2.61 bits per heavy atom. The number of aryl methyl sites for hydroxylation is 2. The quantitative estimate of drug-likeness (QED) is 0.494. The van der Waals surface area contributed by atoms with Gasteiger partial charge in [0.15, 0.2) is 0 Å². The van der Waals surface area contributed by atoms with E-state index in [0.29, 0.717) is 10.7 Å². The standard InChI is InChI=1S/C22H20N4OS/c1-3-16-9-11-17(12-10-16)20-14-28-22(24-20)23-13-19-15(2)25-26(21(19)27)18-7-5-4-6-8-18/h4-14,25H,3H2,1-2H3/b23-13+. The molecule has 28 heavy (non-hydrogen) atoms. The zero-order chi connectivity index (χ0) is 19.5. The number of thiazole rings is 1. The van der Waals surface area contributed by atoms with E-state index in [4.69, 9.17) is 0 Å². The lowest BCUT2D eigenvalue weighted by molar-refractivity contribution is 0.835. The van der Waals surface area contributed by atoms with E-state index in [1.54, 1.807) is 6.21 Å². The minimum Gasteiger partial charge on any atom is -0.295 e. The third-order valence-electron chi connectivity index (χ3n) is 4.59. The predicted octanol–water partition coefficient (Wildman–Crippen LogP) is 4.91. The van der Waals surface area contributed by atoms with Crippen LogP contribution < -0.4 is 5.56 Å². The van der Waals surface area contributed by atoms with Crippen LogP contribution in [0.4, 0.5) is 5.13 Å². The lowest BCUT2D eigenvalue weighted by atomic mass is 10.1. The van der Waals surface area contributed by atoms with Crippen molar-refractivity contribution in [2.45, 2.75) is 20.3 Å². The number of nitrogens with one attached hydrogen (secondary N) is 1. The molecule has 1 N–H and O–H groups in total. The molecule has 2 aromatic heterocycles. The number of hydrogen-bond acceptors (Lipinski definition) is 4. The average Bonchev–Trinajstić information content (AvgIpc) is 3.32. The fraction of sp³-hybridized carbons (Fsp3) is 0.136. The largest absolute Gasteiger partial charge is 0.295 e. The van der Waals surface area contributed by atoms with Gasteiger partial charge in [-0.05, 0) is 31.0 Å². The van der Waals surface area contributed by atoms with Gasteiger partial charge in [0.05, 0.1) is 16.9 Å². The molecule has 0 unspecified atom stereocenters. The zero-order valence-electron chi connectivity index (χ0n) is 15.7. The first-order valence-corrected chi connectivity index (χ1v) is 9.99. The van der Waals surface area contributed by atoms with Crippen LogP contribution in [0, 0.1) is 6.92 Å². The van der Waals surface area contributed by atoms with Gasteiger partial charge in [0.25, 0.3) is 5.56 Å². The lowest BCUT2D eigenvalue weighted by Crippen LogP contribution is -2.17. The SMILES string of the molecule is CCc1ccc(-c2csc(/N=C/c3c(C)[nH]n(-c4ccccc4)c3=O)n2)cc1. The van der Waals surface area contributed by atoms with Crippen LogP contribution >= 0.6 is 11.3 Å². The summed E-state index contributed by atoms with van der Waals surface area (Å²) in [6.07, 6.45) is 2.61. The molecular weight excluding hydrogens is 368 g/mol. The molecule has 4 aromatic rings. The van der Waals surface area contributed by atoms with Gasteiger partial charge in [0.2, 0.25) is 5.13 Å². The monoisotopic (exact) mass is 388 g/mol. The molecule has 0 fully saturated rings. The zero-order valence-corrected chi connectivity index (χ0v) is 16.5. The topological polar surface area (TPSA) is 63.0 Å². The van der Waals surface area contributed by atoms with Gasteiger partial charge in [0, 0.05) is 22.9 Å². The van der Waals surface area contributed by atoms with Crippen molar-refractivity contribution in [2.75, 3.05) is 0 Å². The summed E-state index contributed by atoms with van der Waals surface area (Å²) >= 11 is 1.46. The Morgan fingerprint density at radius 1 is 1.14 bits per heavy atom. The molecule has 0 aliphatic carbocycles. The van der Waals surface area contributed by atoms with Crippen LogP contribution in [0.2, 0.25) is 0 Å². The smallest absolute Gasteiger partial charge is 0.280 e. The first-order chi connectivity index (χ1) is 13.7. The Morgan fingerprint density at radius 2 is 1.89 bits per heavy atom. The van der Waals surface area contributed by atoms with E-state index in [1.807, 2.05) is 42.6 Å². The molecule has 2 aromatic carbocycles. The molecule has 0 aliphatic heterocycles. The van der Waals surface area contributed by atoms with Gasteiger partial charge in [-0.25, -0.2) is 14.7 Å². The molecule has 0 saturated carbocycles. The third kappa shape index (κ3) is 3.59. The molecule has 4 rings (SSSR count). The van der Waals surface area contributed by atoms with Crippen molar-refractivity contribution in [1.29, 1.82) is 0 Å². The Bertz CT molecular complexity index is 1170. The first kappa shape index (κ1) is 18.1. The normalized spacial score (nSPS) is 11.4. The van der Waals surface area contributed by atoms with Crippen molar-refractivity contribution in [3.8, 4) is 16.9 Å². The van der Waals surface area contributed by atoms with Crippen LogP contribution in [0.3, 0.4) is 0 Å². The Labute approximate surface area is 167 Å². The molecular formula is C22H20N4OS. The Hall–Kier alpha value is -3.25. The fourth-order valence-corrected chi connectivity index (χ4v) is 3.63. The van der Waals surface area contributed by atoms with Crippen molar-refractivity contribution in [3.05, 3.63) is 87.2 Å². The van der Waals surface area contributed by atoms with Crippen LogP contribution in [0.15, 0.2) is 69.8 Å². The summed E-state index contributed by atoms with van der Waals surface area (Å²) in [4.78, 5) is 21.7. The average molecular weight is 388 g/mol. The number of aromatic nitrogens is 3. The van der Waals surface area contributed by atoms with E-state index in [9.17, 15) is 4.79 Å². The Balaban J connectivity index is 1.59. The number of aliphatic imine (C=N–C) groups is 1. The second-order valence-corrected chi connectivity index (χ2v) is 7.29. The number of aromatic amines is 1. The van der Waals surface area contributed by atoms with Gasteiger partial charge < -0.3 is 0 Å². The maximum Gasteiger partial charge on any atom is 0.280 e. The van der Waals surface area contributed by atoms with Crippen molar-refractivity contribution in [3.63, 3.8) is 0 Å². The lowest BCUT2D eigenvalue weighted by Gasteiger charge is -1.99. The summed E-state index contributed by atoms with van der Waals surface area (Å²) in [5, 5.41) is 5.71. The highest BCUT2D eigenvalue weighted by molar-refractivity contribution is 7.13. The van der Waals surface area contributed by atoms with Crippen molar-refractivity contribution >= 4 is 22.7 Å². The summed E-state index contributed by atoms with van der Waals surface area (Å²) in [6, 6.07) is 17.9. The van der Waals surface area contributed by atoms with E-state index >= 15 is 0 Å². The van der Waals surface area contributed by atoms with Gasteiger partial charge >= 0.3 is 0 Å². The minimum atomic E-state index is -0.126. The fourth-order valence-electron chi connectivity index (χ4n) is 2.96. The summed E-state index contributed by atoms with van der Waals surface area (Å²) < 4.78 is 1.53. The molecule has 0 saturated heterocycles. The summed E-state index contributed by atoms with van der Waals surface area (Å²) in [6.45, 7) is 4.00. The molecule has 140 valence electrons. The number of rotatable bonds is 5. The molecule has 2 heterocycles. The molecule has 6 heteroatoms. The van der Waals surface area contributed by atoms with Crippen molar-refractivity contribution < 1.29 is 0 Å². The van der Waals surface area contributed by atoms with Crippen molar-refractivity contribution in [1.82, 2.24) is 14.8 Å². The van der Waals surface area contributed by atoms with Gasteiger partial charge in [-0.15, -0.1) is 11.3 Å². The number of para-hydroxylation sites is 1.